The molecular formula is C18H21N5O2S. The van der Waals surface area contributed by atoms with Crippen molar-refractivity contribution in [3.63, 3.8) is 0 Å². The van der Waals surface area contributed by atoms with Crippen molar-refractivity contribution in [2.75, 3.05) is 10.0 Å². The Labute approximate surface area is 152 Å². The van der Waals surface area contributed by atoms with E-state index >= 15 is 0 Å². The average Bonchev–Trinajstić information content (AvgIpc) is 2.99. The Morgan fingerprint density at radius 2 is 1.58 bits per heavy atom. The average molecular weight is 371 g/mol. The highest BCUT2D eigenvalue weighted by Gasteiger charge is 2.20. The number of aromatic amines is 1. The predicted molar refractivity (Wildman–Crippen MR) is 102 cm³/mol. The summed E-state index contributed by atoms with van der Waals surface area (Å²) in [5.74, 6) is 0.334. The number of H-pyrrole nitrogens is 1. The number of nitrogens with one attached hydrogen (secondary N) is 3. The van der Waals surface area contributed by atoms with Gasteiger partial charge in [-0.25, -0.2) is 18.2 Å². The molecule has 0 spiro atoms. The fourth-order valence-electron chi connectivity index (χ4n) is 2.54. The van der Waals surface area contributed by atoms with Gasteiger partial charge in [-0.1, -0.05) is 23.8 Å². The van der Waals surface area contributed by atoms with Crippen LogP contribution in [-0.2, 0) is 10.0 Å². The highest BCUT2D eigenvalue weighted by Crippen LogP contribution is 2.22. The van der Waals surface area contributed by atoms with Gasteiger partial charge in [0, 0.05) is 5.69 Å². The summed E-state index contributed by atoms with van der Waals surface area (Å²) in [6.07, 6.45) is 0. The van der Waals surface area contributed by atoms with Crippen LogP contribution in [0.3, 0.4) is 0 Å². The number of nitrogens with zero attached hydrogens (tertiary/aromatic N) is 2. The molecule has 7 nitrogen and oxygen atoms in total. The second-order valence-corrected chi connectivity index (χ2v) is 7.96. The number of aromatic nitrogens is 3. The van der Waals surface area contributed by atoms with Crippen LogP contribution in [0.1, 0.15) is 22.3 Å². The maximum atomic E-state index is 12.7. The number of aryl methyl sites for hydroxylation is 4. The van der Waals surface area contributed by atoms with Gasteiger partial charge in [-0.2, -0.15) is 4.98 Å². The van der Waals surface area contributed by atoms with Gasteiger partial charge in [0.1, 0.15) is 0 Å². The van der Waals surface area contributed by atoms with Crippen molar-refractivity contribution in [3.05, 3.63) is 58.7 Å². The molecule has 0 radical (unpaired) electrons. The minimum Gasteiger partial charge on any atom is -0.325 e. The second-order valence-electron chi connectivity index (χ2n) is 6.31. The molecule has 0 amide bonds. The van der Waals surface area contributed by atoms with Crippen molar-refractivity contribution < 1.29 is 8.42 Å². The van der Waals surface area contributed by atoms with E-state index in [0.29, 0.717) is 11.5 Å². The summed E-state index contributed by atoms with van der Waals surface area (Å²) < 4.78 is 27.7. The van der Waals surface area contributed by atoms with E-state index in [2.05, 4.69) is 25.2 Å². The quantitative estimate of drug-likeness (QED) is 0.636. The SMILES string of the molecule is Cc1ccc(Nc2nc(NS(=O)(=O)c3cc(C)c(C)cc3C)n[nH]2)cc1. The Morgan fingerprint density at radius 3 is 2.27 bits per heavy atom. The van der Waals surface area contributed by atoms with Crippen LogP contribution in [0, 0.1) is 27.7 Å². The van der Waals surface area contributed by atoms with Crippen molar-refractivity contribution in [1.82, 2.24) is 15.2 Å². The molecule has 3 N–H and O–H groups in total. The Morgan fingerprint density at radius 1 is 0.923 bits per heavy atom. The van der Waals surface area contributed by atoms with Crippen LogP contribution in [-0.4, -0.2) is 23.6 Å². The summed E-state index contributed by atoms with van der Waals surface area (Å²) in [6.45, 7) is 7.60. The molecule has 136 valence electrons. The van der Waals surface area contributed by atoms with Crippen molar-refractivity contribution in [2.24, 2.45) is 0 Å². The Kier molecular flexibility index (Phi) is 4.69. The molecule has 0 aliphatic heterocycles. The maximum absolute atomic E-state index is 12.7. The van der Waals surface area contributed by atoms with Crippen molar-refractivity contribution in [1.29, 1.82) is 0 Å². The number of hydrogen-bond acceptors (Lipinski definition) is 5. The van der Waals surface area contributed by atoms with Crippen LogP contribution >= 0.6 is 0 Å². The summed E-state index contributed by atoms with van der Waals surface area (Å²) in [5, 5.41) is 9.64. The smallest absolute Gasteiger partial charge is 0.264 e. The van der Waals surface area contributed by atoms with Crippen LogP contribution in [0.5, 0.6) is 0 Å². The van der Waals surface area contributed by atoms with E-state index in [1.165, 1.54) is 0 Å². The minimum absolute atomic E-state index is 0.0164. The zero-order valence-electron chi connectivity index (χ0n) is 15.1. The van der Waals surface area contributed by atoms with E-state index in [9.17, 15) is 8.42 Å². The highest BCUT2D eigenvalue weighted by molar-refractivity contribution is 7.92. The molecule has 0 aliphatic carbocycles. The summed E-state index contributed by atoms with van der Waals surface area (Å²) in [5.41, 5.74) is 4.60. The number of anilines is 3. The molecule has 0 saturated carbocycles. The van der Waals surface area contributed by atoms with Crippen molar-refractivity contribution in [2.45, 2.75) is 32.6 Å². The topological polar surface area (TPSA) is 99.8 Å². The third kappa shape index (κ3) is 3.85. The Balaban J connectivity index is 1.80. The lowest BCUT2D eigenvalue weighted by molar-refractivity contribution is 0.600. The number of rotatable bonds is 5. The minimum atomic E-state index is -3.77. The Bertz CT molecular complexity index is 1040. The molecule has 0 atom stereocenters. The standard InChI is InChI=1S/C18H21N5O2S/c1-11-5-7-15(8-6-11)19-17-20-18(22-21-17)23-26(24,25)16-10-13(3)12(2)9-14(16)4/h5-10H,1-4H3,(H3,19,20,21,22,23). The predicted octanol–water partition coefficient (Wildman–Crippen LogP) is 3.58. The fraction of sp³-hybridized carbons (Fsp3) is 0.222. The molecular weight excluding hydrogens is 350 g/mol. The molecule has 2 aromatic carbocycles. The first-order valence-electron chi connectivity index (χ1n) is 8.11. The van der Waals surface area contributed by atoms with Gasteiger partial charge in [0.15, 0.2) is 0 Å². The van der Waals surface area contributed by atoms with E-state index in [-0.39, 0.29) is 10.8 Å². The molecule has 0 saturated heterocycles. The summed E-state index contributed by atoms with van der Waals surface area (Å²) in [7, 11) is -3.77. The monoisotopic (exact) mass is 371 g/mol. The van der Waals surface area contributed by atoms with Gasteiger partial charge in [0.25, 0.3) is 16.0 Å². The van der Waals surface area contributed by atoms with Gasteiger partial charge in [0.05, 0.1) is 4.90 Å². The number of sulfonamides is 1. The van der Waals surface area contributed by atoms with Gasteiger partial charge >= 0.3 is 0 Å². The number of hydrogen-bond donors (Lipinski definition) is 3. The van der Waals surface area contributed by atoms with Crippen molar-refractivity contribution in [3.8, 4) is 0 Å². The molecule has 0 aliphatic rings. The van der Waals surface area contributed by atoms with Crippen LogP contribution < -0.4 is 10.0 Å². The van der Waals surface area contributed by atoms with E-state index in [4.69, 9.17) is 0 Å². The molecule has 3 aromatic rings. The zero-order valence-corrected chi connectivity index (χ0v) is 15.9. The molecule has 26 heavy (non-hydrogen) atoms. The van der Waals surface area contributed by atoms with Crippen LogP contribution in [0.25, 0.3) is 0 Å². The third-order valence-corrected chi connectivity index (χ3v) is 5.58. The lowest BCUT2D eigenvalue weighted by atomic mass is 10.1. The second kappa shape index (κ2) is 6.80. The lowest BCUT2D eigenvalue weighted by Gasteiger charge is -2.10. The summed E-state index contributed by atoms with van der Waals surface area (Å²) in [6, 6.07) is 11.2. The third-order valence-electron chi connectivity index (χ3n) is 4.11. The van der Waals surface area contributed by atoms with Gasteiger partial charge in [-0.3, -0.25) is 0 Å². The molecule has 0 unspecified atom stereocenters. The van der Waals surface area contributed by atoms with Gasteiger partial charge in [0.2, 0.25) is 5.95 Å². The number of benzene rings is 2. The molecule has 1 aromatic heterocycles. The Hall–Kier alpha value is -2.87. The molecule has 3 rings (SSSR count). The first-order chi connectivity index (χ1) is 12.2. The zero-order chi connectivity index (χ0) is 18.9. The normalized spacial score (nSPS) is 11.4. The molecule has 1 heterocycles. The van der Waals surface area contributed by atoms with E-state index < -0.39 is 10.0 Å². The molecule has 8 heteroatoms. The lowest BCUT2D eigenvalue weighted by Crippen LogP contribution is -2.15. The van der Waals surface area contributed by atoms with Gasteiger partial charge < -0.3 is 5.32 Å². The van der Waals surface area contributed by atoms with Crippen molar-refractivity contribution >= 4 is 27.6 Å². The van der Waals surface area contributed by atoms with Crippen LogP contribution in [0.4, 0.5) is 17.6 Å². The first kappa shape index (κ1) is 17.9. The molecule has 0 bridgehead atoms. The van der Waals surface area contributed by atoms with E-state index in [1.807, 2.05) is 51.1 Å². The van der Waals surface area contributed by atoms with Gasteiger partial charge in [-0.05, 0) is 62.6 Å². The fourth-order valence-corrected chi connectivity index (χ4v) is 3.79. The van der Waals surface area contributed by atoms with Gasteiger partial charge in [-0.15, -0.1) is 5.10 Å². The summed E-state index contributed by atoms with van der Waals surface area (Å²) >= 11 is 0. The van der Waals surface area contributed by atoms with Crippen LogP contribution in [0.15, 0.2) is 41.3 Å². The van der Waals surface area contributed by atoms with Crippen LogP contribution in [0.2, 0.25) is 0 Å². The van der Waals surface area contributed by atoms with E-state index in [1.54, 1.807) is 13.0 Å². The van der Waals surface area contributed by atoms with E-state index in [0.717, 1.165) is 22.4 Å². The first-order valence-corrected chi connectivity index (χ1v) is 9.60. The molecule has 0 fully saturated rings. The maximum Gasteiger partial charge on any atom is 0.264 e. The largest absolute Gasteiger partial charge is 0.325 e. The summed E-state index contributed by atoms with van der Waals surface area (Å²) in [4.78, 5) is 4.36. The highest BCUT2D eigenvalue weighted by atomic mass is 32.2.